The SMILES string of the molecule is CC(C)(C)c1ccc2c(c1)c1cc(C(C)(C)C)ccc1n2-c1ccc2c(c1)N(c1c(-c3ccccc3)cccc1-c1ccccc1)c1cc(-c3ccccc3)cc3c1B2c1ccc(-n2c4ccc(C(C)(C)C)cc4c4cc(C(C)(C)C)ccc42)cc1N3C1C(C2CCCCC2)CCCC1C1CCCCC1. The Labute approximate surface area is 625 Å². The van der Waals surface area contributed by atoms with Gasteiger partial charge >= 0.3 is 0 Å². The van der Waals surface area contributed by atoms with Gasteiger partial charge in [0.05, 0.1) is 27.8 Å². The van der Waals surface area contributed by atoms with E-state index in [1.807, 2.05) is 0 Å². The Morgan fingerprint density at radius 2 is 0.686 bits per heavy atom. The van der Waals surface area contributed by atoms with Crippen molar-refractivity contribution in [2.75, 3.05) is 9.80 Å². The molecule has 5 aliphatic rings. The van der Waals surface area contributed by atoms with Gasteiger partial charge in [0.1, 0.15) is 0 Å². The molecule has 3 fully saturated rings. The van der Waals surface area contributed by atoms with Crippen LogP contribution in [0.1, 0.15) is 189 Å². The highest BCUT2D eigenvalue weighted by Gasteiger charge is 2.51. The van der Waals surface area contributed by atoms with E-state index in [2.05, 4.69) is 333 Å². The monoisotopic (exact) mass is 1370 g/mol. The molecule has 2 atom stereocenters. The largest absolute Gasteiger partial charge is 0.339 e. The number of hydrogen-bond acceptors (Lipinski definition) is 2. The first-order valence-corrected chi connectivity index (χ1v) is 40.2. The molecule has 528 valence electrons. The Morgan fingerprint density at radius 3 is 1.10 bits per heavy atom. The third-order valence-corrected chi connectivity index (χ3v) is 25.9. The van der Waals surface area contributed by atoms with Crippen LogP contribution in [0.15, 0.2) is 231 Å². The molecule has 2 unspecified atom stereocenters. The van der Waals surface area contributed by atoms with Gasteiger partial charge < -0.3 is 18.9 Å². The van der Waals surface area contributed by atoms with Crippen molar-refractivity contribution >= 4 is 95.1 Å². The molecule has 2 aliphatic heterocycles. The minimum Gasteiger partial charge on any atom is -0.339 e. The number of para-hydroxylation sites is 1. The molecule has 3 aliphatic carbocycles. The molecule has 5 heteroatoms. The van der Waals surface area contributed by atoms with Crippen LogP contribution in [0.3, 0.4) is 0 Å². The molecule has 2 aromatic heterocycles. The topological polar surface area (TPSA) is 16.3 Å². The molecule has 0 bridgehead atoms. The van der Waals surface area contributed by atoms with Gasteiger partial charge in [-0.1, -0.05) is 299 Å². The normalized spacial score (nSPS) is 18.3. The Kier molecular flexibility index (Phi) is 16.6. The van der Waals surface area contributed by atoms with Gasteiger partial charge in [0.25, 0.3) is 6.71 Å². The van der Waals surface area contributed by atoms with Crippen LogP contribution in [0.2, 0.25) is 0 Å². The highest BCUT2D eigenvalue weighted by Crippen LogP contribution is 2.56. The Hall–Kier alpha value is -9.32. The zero-order chi connectivity index (χ0) is 72.0. The van der Waals surface area contributed by atoms with Crippen LogP contribution in [0.5, 0.6) is 0 Å². The molecular weight excluding hydrogens is 1270 g/mol. The van der Waals surface area contributed by atoms with Crippen molar-refractivity contribution in [2.45, 2.75) is 194 Å². The van der Waals surface area contributed by atoms with Crippen LogP contribution < -0.4 is 26.2 Å². The van der Waals surface area contributed by atoms with E-state index in [9.17, 15) is 0 Å². The van der Waals surface area contributed by atoms with Crippen LogP contribution in [0, 0.1) is 23.7 Å². The van der Waals surface area contributed by atoms with E-state index >= 15 is 0 Å². The Morgan fingerprint density at radius 1 is 0.305 bits per heavy atom. The van der Waals surface area contributed by atoms with Crippen molar-refractivity contribution in [1.82, 2.24) is 9.13 Å². The molecule has 11 aromatic carbocycles. The number of hydrogen-bond donors (Lipinski definition) is 0. The third-order valence-electron chi connectivity index (χ3n) is 25.9. The van der Waals surface area contributed by atoms with Gasteiger partial charge in [-0.25, -0.2) is 0 Å². The number of benzene rings is 11. The van der Waals surface area contributed by atoms with Crippen LogP contribution in [-0.2, 0) is 21.7 Å². The van der Waals surface area contributed by atoms with Crippen LogP contribution in [0.4, 0.5) is 28.4 Å². The van der Waals surface area contributed by atoms with Crippen molar-refractivity contribution in [3.05, 3.63) is 253 Å². The first-order chi connectivity index (χ1) is 50.6. The maximum Gasteiger partial charge on any atom is 0.252 e. The first kappa shape index (κ1) is 67.6. The lowest BCUT2D eigenvalue weighted by molar-refractivity contribution is 0.0839. The van der Waals surface area contributed by atoms with Gasteiger partial charge in [0.15, 0.2) is 0 Å². The summed E-state index contributed by atoms with van der Waals surface area (Å²) in [7, 11) is 0. The van der Waals surface area contributed by atoms with Gasteiger partial charge in [-0.15, -0.1) is 0 Å². The average molecular weight is 1370 g/mol. The number of fused-ring (bicyclic) bond motifs is 10. The lowest BCUT2D eigenvalue weighted by Crippen LogP contribution is -2.64. The number of rotatable bonds is 9. The van der Waals surface area contributed by atoms with Crippen LogP contribution in [-0.4, -0.2) is 21.9 Å². The molecule has 0 spiro atoms. The predicted octanol–water partition coefficient (Wildman–Crippen LogP) is 25.8. The second-order valence-electron chi connectivity index (χ2n) is 36.5. The third kappa shape index (κ3) is 11.6. The van der Waals surface area contributed by atoms with Crippen molar-refractivity contribution < 1.29 is 0 Å². The Balaban J connectivity index is 0.984. The van der Waals surface area contributed by atoms with Crippen LogP contribution in [0.25, 0.3) is 88.4 Å². The van der Waals surface area contributed by atoms with Crippen molar-refractivity contribution in [3.63, 3.8) is 0 Å². The molecule has 4 nitrogen and oxygen atoms in total. The molecule has 0 amide bonds. The summed E-state index contributed by atoms with van der Waals surface area (Å²) in [5, 5.41) is 5.26. The summed E-state index contributed by atoms with van der Waals surface area (Å²) in [5.41, 5.74) is 30.7. The van der Waals surface area contributed by atoms with Crippen LogP contribution >= 0.6 is 0 Å². The smallest absolute Gasteiger partial charge is 0.252 e. The molecular formula is C100H105BN4. The van der Waals surface area contributed by atoms with E-state index in [0.29, 0.717) is 29.7 Å². The molecule has 4 heterocycles. The summed E-state index contributed by atoms with van der Waals surface area (Å²) in [6, 6.07) is 92.0. The molecule has 0 radical (unpaired) electrons. The minimum absolute atomic E-state index is 0.0136. The van der Waals surface area contributed by atoms with Gasteiger partial charge in [0.2, 0.25) is 0 Å². The van der Waals surface area contributed by atoms with Crippen molar-refractivity contribution in [3.8, 4) is 44.8 Å². The fourth-order valence-corrected chi connectivity index (χ4v) is 20.4. The van der Waals surface area contributed by atoms with E-state index in [1.165, 1.54) is 233 Å². The average Bonchev–Trinajstić information content (AvgIpc) is 1.14. The molecule has 0 saturated heterocycles. The molecule has 0 N–H and O–H groups in total. The van der Waals surface area contributed by atoms with E-state index < -0.39 is 0 Å². The summed E-state index contributed by atoms with van der Waals surface area (Å²) in [4.78, 5) is 5.94. The second-order valence-corrected chi connectivity index (χ2v) is 36.5. The maximum absolute atomic E-state index is 3.14. The minimum atomic E-state index is -0.113. The molecule has 18 rings (SSSR count). The van der Waals surface area contributed by atoms with E-state index in [1.54, 1.807) is 0 Å². The van der Waals surface area contributed by atoms with E-state index in [-0.39, 0.29) is 28.4 Å². The predicted molar refractivity (Wildman–Crippen MR) is 452 cm³/mol. The van der Waals surface area contributed by atoms with Crippen molar-refractivity contribution in [2.24, 2.45) is 23.7 Å². The molecule has 13 aromatic rings. The highest BCUT2D eigenvalue weighted by molar-refractivity contribution is 7.00. The summed E-state index contributed by atoms with van der Waals surface area (Å²) in [6.07, 6.45) is 17.3. The highest BCUT2D eigenvalue weighted by atomic mass is 15.2. The zero-order valence-corrected chi connectivity index (χ0v) is 64.4. The Bertz CT molecular complexity index is 5270. The number of nitrogens with zero attached hydrogens (tertiary/aromatic N) is 4. The zero-order valence-electron chi connectivity index (χ0n) is 64.4. The molecule has 105 heavy (non-hydrogen) atoms. The summed E-state index contributed by atoms with van der Waals surface area (Å²) in [6.45, 7) is 28.2. The maximum atomic E-state index is 3.14. The lowest BCUT2D eigenvalue weighted by atomic mass is 9.33. The van der Waals surface area contributed by atoms with Gasteiger partial charge in [-0.2, -0.15) is 0 Å². The van der Waals surface area contributed by atoms with Gasteiger partial charge in [0, 0.05) is 72.8 Å². The summed E-state index contributed by atoms with van der Waals surface area (Å²) < 4.78 is 5.27. The first-order valence-electron chi connectivity index (χ1n) is 40.2. The van der Waals surface area contributed by atoms with Crippen molar-refractivity contribution in [1.29, 1.82) is 0 Å². The summed E-state index contributed by atoms with van der Waals surface area (Å²) >= 11 is 0. The quantitative estimate of drug-likeness (QED) is 0.134. The fourth-order valence-electron chi connectivity index (χ4n) is 20.4. The standard InChI is InChI=1S/C100H105BN4/c1-97(2,3)70-44-52-86-80(58-70)81-59-71(98(4,5)6)45-53-87(81)102(86)74-48-50-84-90(62-74)104(95-76(65-32-20-14-21-33-65)40-28-41-77(95)66-34-22-15-23-35-66)92-56-69(64-30-18-13-19-31-64)57-93-94(92)101(84)85-51-49-75(103-88-54-46-72(99(7,8)9)60-82(88)83-61-73(100(10,11)12)47-55-89(83)103)63-91(85)105(93)96-78(67-36-24-16-25-37-67)42-29-43-79(96)68-38-26-17-27-39-68/h13-15,18-23,28,30-35,40-41,44-63,67-68,78-79,96H,16-17,24-27,29,36-39,42-43H2,1-12H3. The van der Waals surface area contributed by atoms with Gasteiger partial charge in [-0.3, -0.25) is 0 Å². The number of aromatic nitrogens is 2. The lowest BCUT2D eigenvalue weighted by Gasteiger charge is -2.55. The fraction of sp³-hybridized carbons (Fsp3) is 0.340. The summed E-state index contributed by atoms with van der Waals surface area (Å²) in [5.74, 6) is 2.47. The molecule has 3 saturated carbocycles. The van der Waals surface area contributed by atoms with Gasteiger partial charge in [-0.05, 0) is 204 Å². The number of anilines is 5. The second kappa shape index (κ2) is 25.7. The van der Waals surface area contributed by atoms with E-state index in [4.69, 9.17) is 0 Å². The van der Waals surface area contributed by atoms with E-state index in [0.717, 1.165) is 5.69 Å².